The summed E-state index contributed by atoms with van der Waals surface area (Å²) in [7, 11) is 0. The molecule has 6 nitrogen and oxygen atoms in total. The fourth-order valence-corrected chi connectivity index (χ4v) is 5.13. The van der Waals surface area contributed by atoms with Crippen LogP contribution in [-0.2, 0) is 0 Å². The number of nitrogens with zero attached hydrogens (tertiary/aromatic N) is 3. The van der Waals surface area contributed by atoms with Crippen LogP contribution in [0.3, 0.4) is 0 Å². The number of carboxylic acids is 1. The van der Waals surface area contributed by atoms with Crippen LogP contribution in [0.15, 0.2) is 79.0 Å². The fraction of sp³-hybridized carbons (Fsp3) is 0.148. The maximum Gasteiger partial charge on any atom is 0.335 e. The van der Waals surface area contributed by atoms with E-state index in [1.165, 1.54) is 12.1 Å². The molecule has 0 amide bonds. The van der Waals surface area contributed by atoms with Crippen molar-refractivity contribution in [3.63, 3.8) is 0 Å². The minimum absolute atomic E-state index is 0.225. The number of halogens is 1. The van der Waals surface area contributed by atoms with Gasteiger partial charge in [0, 0.05) is 29.0 Å². The third kappa shape index (κ3) is 4.06. The van der Waals surface area contributed by atoms with E-state index in [1.807, 2.05) is 36.9 Å². The first-order chi connectivity index (χ1) is 16.8. The SMILES string of the molecule is Cc1cc([C@H]2[C@@H](c3ccccn3)NC(=S)N2c2ccc(F)cc2)c(C)n1-c1ccc(C(=O)O)cc1. The molecule has 2 aromatic heterocycles. The number of carbonyl (C=O) groups is 1. The van der Waals surface area contributed by atoms with Crippen molar-refractivity contribution in [2.45, 2.75) is 25.9 Å². The van der Waals surface area contributed by atoms with Gasteiger partial charge in [-0.3, -0.25) is 4.98 Å². The maximum atomic E-state index is 13.7. The van der Waals surface area contributed by atoms with E-state index in [9.17, 15) is 14.3 Å². The van der Waals surface area contributed by atoms with Gasteiger partial charge in [-0.25, -0.2) is 9.18 Å². The number of thiocarbonyl (C=S) groups is 1. The molecule has 35 heavy (non-hydrogen) atoms. The predicted molar refractivity (Wildman–Crippen MR) is 137 cm³/mol. The van der Waals surface area contributed by atoms with Crippen molar-refractivity contribution in [2.24, 2.45) is 0 Å². The standard InChI is InChI=1S/C27H23FN4O2S/c1-16-15-22(17(2)31(16)20-10-6-18(7-11-20)26(33)34)25-24(23-5-3-4-14-29-23)30-27(35)32(25)21-12-8-19(28)9-13-21/h3-15,24-25H,1-2H3,(H,30,35)(H,33,34)/t24-,25+/m1/s1. The van der Waals surface area contributed by atoms with Crippen LogP contribution in [0.5, 0.6) is 0 Å². The number of nitrogens with one attached hydrogen (secondary N) is 1. The highest BCUT2D eigenvalue weighted by Gasteiger charge is 2.42. The molecule has 0 spiro atoms. The maximum absolute atomic E-state index is 13.7. The average Bonchev–Trinajstić information content (AvgIpc) is 3.35. The van der Waals surface area contributed by atoms with E-state index >= 15 is 0 Å². The van der Waals surface area contributed by atoms with E-state index in [4.69, 9.17) is 12.2 Å². The quantitative estimate of drug-likeness (QED) is 0.363. The molecule has 8 heteroatoms. The summed E-state index contributed by atoms with van der Waals surface area (Å²) in [5.41, 5.74) is 5.76. The first-order valence-electron chi connectivity index (χ1n) is 11.1. The Bertz CT molecular complexity index is 1400. The van der Waals surface area contributed by atoms with Crippen molar-refractivity contribution in [2.75, 3.05) is 4.90 Å². The smallest absolute Gasteiger partial charge is 0.335 e. The summed E-state index contributed by atoms with van der Waals surface area (Å²) in [5, 5.41) is 13.2. The average molecular weight is 487 g/mol. The minimum Gasteiger partial charge on any atom is -0.478 e. The molecule has 176 valence electrons. The largest absolute Gasteiger partial charge is 0.478 e. The molecule has 2 aromatic carbocycles. The Balaban J connectivity index is 1.65. The van der Waals surface area contributed by atoms with Gasteiger partial charge in [-0.05, 0) is 98.4 Å². The summed E-state index contributed by atoms with van der Waals surface area (Å²) >= 11 is 5.76. The van der Waals surface area contributed by atoms with Crippen LogP contribution < -0.4 is 10.2 Å². The zero-order chi connectivity index (χ0) is 24.7. The van der Waals surface area contributed by atoms with Gasteiger partial charge in [-0.2, -0.15) is 0 Å². The van der Waals surface area contributed by atoms with Gasteiger partial charge in [0.25, 0.3) is 0 Å². The molecule has 4 aromatic rings. The van der Waals surface area contributed by atoms with Crippen LogP contribution in [0.4, 0.5) is 10.1 Å². The molecule has 0 unspecified atom stereocenters. The number of pyridine rings is 1. The summed E-state index contributed by atoms with van der Waals surface area (Å²) in [6.07, 6.45) is 1.75. The van der Waals surface area contributed by atoms with Crippen LogP contribution in [0.1, 0.15) is 45.1 Å². The van der Waals surface area contributed by atoms with Crippen LogP contribution >= 0.6 is 12.2 Å². The normalized spacial score (nSPS) is 17.5. The van der Waals surface area contributed by atoms with Gasteiger partial charge in [-0.15, -0.1) is 0 Å². The van der Waals surface area contributed by atoms with E-state index in [0.717, 1.165) is 34.0 Å². The zero-order valence-corrected chi connectivity index (χ0v) is 20.0. The van der Waals surface area contributed by atoms with Crippen LogP contribution in [0.25, 0.3) is 5.69 Å². The second kappa shape index (κ2) is 8.96. The summed E-state index contributed by atoms with van der Waals surface area (Å²) in [6, 6.07) is 20.5. The molecule has 1 fully saturated rings. The second-order valence-corrected chi connectivity index (χ2v) is 8.87. The first kappa shape index (κ1) is 22.7. The molecule has 3 heterocycles. The highest BCUT2D eigenvalue weighted by Crippen LogP contribution is 2.43. The lowest BCUT2D eigenvalue weighted by Crippen LogP contribution is -2.29. The van der Waals surface area contributed by atoms with E-state index in [2.05, 4.69) is 20.9 Å². The highest BCUT2D eigenvalue weighted by molar-refractivity contribution is 7.80. The number of hydrogen-bond donors (Lipinski definition) is 2. The summed E-state index contributed by atoms with van der Waals surface area (Å²) in [5.74, 6) is -1.27. The number of aryl methyl sites for hydroxylation is 1. The molecular formula is C27H23FN4O2S. The molecule has 2 atom stereocenters. The Labute approximate surface area is 207 Å². The summed E-state index contributed by atoms with van der Waals surface area (Å²) < 4.78 is 15.8. The lowest BCUT2D eigenvalue weighted by Gasteiger charge is -2.28. The van der Waals surface area contributed by atoms with Crippen LogP contribution in [0.2, 0.25) is 0 Å². The summed E-state index contributed by atoms with van der Waals surface area (Å²) in [6.45, 7) is 4.05. The predicted octanol–water partition coefficient (Wildman–Crippen LogP) is 5.50. The van der Waals surface area contributed by atoms with Crippen molar-refractivity contribution in [3.8, 4) is 5.69 Å². The van der Waals surface area contributed by atoms with E-state index in [1.54, 1.807) is 42.6 Å². The number of rotatable bonds is 5. The third-order valence-electron chi connectivity index (χ3n) is 6.36. The highest BCUT2D eigenvalue weighted by atomic mass is 32.1. The van der Waals surface area contributed by atoms with Crippen molar-refractivity contribution in [1.82, 2.24) is 14.9 Å². The van der Waals surface area contributed by atoms with Crippen LogP contribution in [0, 0.1) is 19.7 Å². The zero-order valence-electron chi connectivity index (χ0n) is 19.1. The van der Waals surface area contributed by atoms with Crippen molar-refractivity contribution < 1.29 is 14.3 Å². The van der Waals surface area contributed by atoms with Gasteiger partial charge >= 0.3 is 5.97 Å². The number of aromatic carboxylic acids is 1. The first-order valence-corrected chi connectivity index (χ1v) is 11.5. The number of benzene rings is 2. The molecule has 1 saturated heterocycles. The molecule has 0 bridgehead atoms. The fourth-order valence-electron chi connectivity index (χ4n) is 4.79. The minimum atomic E-state index is -0.961. The van der Waals surface area contributed by atoms with Gasteiger partial charge in [0.1, 0.15) is 5.82 Å². The molecule has 1 aliphatic rings. The molecule has 0 aliphatic carbocycles. The topological polar surface area (TPSA) is 70.4 Å². The Hall–Kier alpha value is -4.04. The van der Waals surface area contributed by atoms with Crippen LogP contribution in [-0.4, -0.2) is 25.7 Å². The monoisotopic (exact) mass is 486 g/mol. The molecule has 0 saturated carbocycles. The van der Waals surface area contributed by atoms with E-state index in [-0.39, 0.29) is 23.5 Å². The van der Waals surface area contributed by atoms with Crippen molar-refractivity contribution in [1.29, 1.82) is 0 Å². The molecule has 2 N–H and O–H groups in total. The molecule has 0 radical (unpaired) electrons. The number of anilines is 1. The molecule has 5 rings (SSSR count). The Morgan fingerprint density at radius 3 is 2.34 bits per heavy atom. The van der Waals surface area contributed by atoms with Gasteiger partial charge in [0.2, 0.25) is 0 Å². The lowest BCUT2D eigenvalue weighted by atomic mass is 9.96. The Morgan fingerprint density at radius 1 is 1.03 bits per heavy atom. The number of aromatic nitrogens is 2. The number of hydrogen-bond acceptors (Lipinski definition) is 3. The molecule has 1 aliphatic heterocycles. The van der Waals surface area contributed by atoms with Gasteiger partial charge < -0.3 is 19.9 Å². The van der Waals surface area contributed by atoms with Crippen molar-refractivity contribution in [3.05, 3.63) is 113 Å². The van der Waals surface area contributed by atoms with E-state index < -0.39 is 5.97 Å². The van der Waals surface area contributed by atoms with Crippen molar-refractivity contribution >= 4 is 29.0 Å². The van der Waals surface area contributed by atoms with Gasteiger partial charge in [-0.1, -0.05) is 6.07 Å². The number of carboxylic acid groups (broad SMARTS) is 1. The second-order valence-electron chi connectivity index (χ2n) is 8.49. The van der Waals surface area contributed by atoms with E-state index in [0.29, 0.717) is 5.11 Å². The molecular weight excluding hydrogens is 463 g/mol. The summed E-state index contributed by atoms with van der Waals surface area (Å²) in [4.78, 5) is 17.9. The lowest BCUT2D eigenvalue weighted by molar-refractivity contribution is 0.0697. The Morgan fingerprint density at radius 2 is 1.71 bits per heavy atom. The third-order valence-corrected chi connectivity index (χ3v) is 6.68. The Kier molecular flexibility index (Phi) is 5.82. The van der Waals surface area contributed by atoms with Gasteiger partial charge in [0.05, 0.1) is 23.3 Å². The van der Waals surface area contributed by atoms with Gasteiger partial charge in [0.15, 0.2) is 5.11 Å².